The minimum Gasteiger partial charge on any atom is -0.507 e. The molecule has 4 rings (SSSR count). The summed E-state index contributed by atoms with van der Waals surface area (Å²) < 4.78 is 15.2. The van der Waals surface area contributed by atoms with Gasteiger partial charge in [0.1, 0.15) is 17.3 Å². The van der Waals surface area contributed by atoms with E-state index in [2.05, 4.69) is 6.92 Å². The Morgan fingerprint density at radius 1 is 1.19 bits per heavy atom. The molecule has 8 nitrogen and oxygen atoms in total. The standard InChI is InChI=1S/C27H33FN2O6/c1-4-5-6-7-8-13-11-18(28)15-9-14-10-17-19(30(2)3)12-16(26(29)35)24(33)27(17,36)25(34)20(14)23(32)21(15)22(13)31/h11-12,14,17,19,31-32,36H,4-10H2,1-3H3,(H2,29,35)/t14-,17-,19+,27+/m0/s1. The molecular weight excluding hydrogens is 467 g/mol. The van der Waals surface area contributed by atoms with Gasteiger partial charge in [0, 0.05) is 23.1 Å². The van der Waals surface area contributed by atoms with E-state index in [0.717, 1.165) is 25.7 Å². The number of benzene rings is 1. The smallest absolute Gasteiger partial charge is 0.252 e. The van der Waals surface area contributed by atoms with Crippen LogP contribution in [0.2, 0.25) is 0 Å². The van der Waals surface area contributed by atoms with Gasteiger partial charge in [-0.15, -0.1) is 0 Å². The predicted octanol–water partition coefficient (Wildman–Crippen LogP) is 2.34. The predicted molar refractivity (Wildman–Crippen MR) is 130 cm³/mol. The number of aryl methyl sites for hydroxylation is 1. The summed E-state index contributed by atoms with van der Waals surface area (Å²) in [6.45, 7) is 2.07. The van der Waals surface area contributed by atoms with E-state index in [1.165, 1.54) is 12.1 Å². The Labute approximate surface area is 209 Å². The van der Waals surface area contributed by atoms with Crippen molar-refractivity contribution in [3.63, 3.8) is 0 Å². The molecule has 0 aliphatic heterocycles. The normalized spacial score (nSPS) is 27.5. The van der Waals surface area contributed by atoms with Crippen molar-refractivity contribution in [2.45, 2.75) is 63.5 Å². The van der Waals surface area contributed by atoms with E-state index in [0.29, 0.717) is 12.0 Å². The third-order valence-corrected chi connectivity index (χ3v) is 7.95. The van der Waals surface area contributed by atoms with Crippen molar-refractivity contribution in [3.05, 3.63) is 45.8 Å². The highest BCUT2D eigenvalue weighted by molar-refractivity contribution is 6.32. The van der Waals surface area contributed by atoms with Gasteiger partial charge in [0.15, 0.2) is 5.60 Å². The lowest BCUT2D eigenvalue weighted by Crippen LogP contribution is -2.66. The summed E-state index contributed by atoms with van der Waals surface area (Å²) in [7, 11) is 3.36. The number of rotatable bonds is 7. The molecule has 5 N–H and O–H groups in total. The number of ketones is 2. The summed E-state index contributed by atoms with van der Waals surface area (Å²) in [5.41, 5.74) is 2.33. The summed E-state index contributed by atoms with van der Waals surface area (Å²) in [6, 6.07) is 0.613. The number of amides is 1. The number of hydrogen-bond acceptors (Lipinski definition) is 7. The number of Topliss-reactive ketones (excluding diaryl/α,β-unsaturated/α-hetero) is 2. The molecule has 0 aromatic heterocycles. The molecule has 1 saturated carbocycles. The van der Waals surface area contributed by atoms with Crippen molar-refractivity contribution < 1.29 is 34.1 Å². The third-order valence-electron chi connectivity index (χ3n) is 7.95. The van der Waals surface area contributed by atoms with E-state index in [-0.39, 0.29) is 35.3 Å². The molecule has 1 fully saturated rings. The first-order chi connectivity index (χ1) is 16.9. The van der Waals surface area contributed by atoms with Crippen LogP contribution in [0.1, 0.15) is 55.7 Å². The number of aromatic hydroxyl groups is 1. The van der Waals surface area contributed by atoms with Crippen molar-refractivity contribution in [1.82, 2.24) is 4.90 Å². The molecule has 36 heavy (non-hydrogen) atoms. The summed E-state index contributed by atoms with van der Waals surface area (Å²) in [6.07, 6.45) is 5.51. The summed E-state index contributed by atoms with van der Waals surface area (Å²) in [5, 5.41) is 33.7. The second-order valence-electron chi connectivity index (χ2n) is 10.4. The average Bonchev–Trinajstić information content (AvgIpc) is 2.81. The Kier molecular flexibility index (Phi) is 6.83. The largest absolute Gasteiger partial charge is 0.507 e. The van der Waals surface area contributed by atoms with Crippen LogP contribution in [0.3, 0.4) is 0 Å². The van der Waals surface area contributed by atoms with Crippen LogP contribution in [0.5, 0.6) is 5.75 Å². The van der Waals surface area contributed by atoms with E-state index in [1.54, 1.807) is 19.0 Å². The van der Waals surface area contributed by atoms with E-state index in [4.69, 9.17) is 5.73 Å². The first kappa shape index (κ1) is 26.0. The zero-order valence-corrected chi connectivity index (χ0v) is 20.8. The quantitative estimate of drug-likeness (QED) is 0.256. The monoisotopic (exact) mass is 500 g/mol. The van der Waals surface area contributed by atoms with Crippen LogP contribution in [0, 0.1) is 17.7 Å². The maximum atomic E-state index is 15.2. The molecule has 4 atom stereocenters. The number of phenolic OH excluding ortho intramolecular Hbond substituents is 1. The number of aliphatic hydroxyl groups is 2. The molecule has 0 bridgehead atoms. The number of carbonyl (C=O) groups excluding carboxylic acids is 3. The lowest BCUT2D eigenvalue weighted by molar-refractivity contribution is -0.160. The number of primary amides is 1. The molecule has 1 aromatic carbocycles. The van der Waals surface area contributed by atoms with Crippen LogP contribution in [0.4, 0.5) is 4.39 Å². The minimum absolute atomic E-state index is 0.0171. The highest BCUT2D eigenvalue weighted by Gasteiger charge is 2.63. The number of aliphatic hydroxyl groups excluding tert-OH is 1. The number of carbonyl (C=O) groups is 3. The summed E-state index contributed by atoms with van der Waals surface area (Å²) in [4.78, 5) is 40.6. The molecular formula is C27H33FN2O6. The maximum absolute atomic E-state index is 15.2. The zero-order chi connectivity index (χ0) is 26.5. The first-order valence-corrected chi connectivity index (χ1v) is 12.4. The van der Waals surface area contributed by atoms with Gasteiger partial charge in [-0.1, -0.05) is 32.3 Å². The average molecular weight is 501 g/mol. The van der Waals surface area contributed by atoms with Gasteiger partial charge in [0.25, 0.3) is 5.91 Å². The lowest BCUT2D eigenvalue weighted by atomic mass is 9.57. The van der Waals surface area contributed by atoms with Crippen LogP contribution in [0.15, 0.2) is 23.3 Å². The molecule has 0 spiro atoms. The van der Waals surface area contributed by atoms with E-state index in [1.807, 2.05) is 0 Å². The molecule has 0 radical (unpaired) electrons. The highest BCUT2D eigenvalue weighted by atomic mass is 19.1. The van der Waals surface area contributed by atoms with Gasteiger partial charge in [0.2, 0.25) is 11.6 Å². The van der Waals surface area contributed by atoms with Crippen LogP contribution in [-0.4, -0.2) is 63.4 Å². The number of halogens is 1. The van der Waals surface area contributed by atoms with Crippen LogP contribution >= 0.6 is 0 Å². The number of unbranched alkanes of at least 4 members (excludes halogenated alkanes) is 3. The fraction of sp³-hybridized carbons (Fsp3) is 0.519. The third kappa shape index (κ3) is 3.85. The second-order valence-corrected chi connectivity index (χ2v) is 10.4. The number of hydrogen-bond donors (Lipinski definition) is 4. The molecule has 0 saturated heterocycles. The number of nitrogens with zero attached hydrogens (tertiary/aromatic N) is 1. The van der Waals surface area contributed by atoms with Gasteiger partial charge >= 0.3 is 0 Å². The first-order valence-electron chi connectivity index (χ1n) is 12.4. The fourth-order valence-corrected chi connectivity index (χ4v) is 6.07. The van der Waals surface area contributed by atoms with Gasteiger partial charge < -0.3 is 26.0 Å². The van der Waals surface area contributed by atoms with E-state index >= 15 is 4.39 Å². The number of phenols is 1. The summed E-state index contributed by atoms with van der Waals surface area (Å²) >= 11 is 0. The molecule has 3 aliphatic carbocycles. The lowest BCUT2D eigenvalue weighted by Gasteiger charge is -2.49. The van der Waals surface area contributed by atoms with Gasteiger partial charge in [-0.05, 0) is 57.3 Å². The zero-order valence-electron chi connectivity index (χ0n) is 20.8. The highest BCUT2D eigenvalue weighted by Crippen LogP contribution is 2.51. The Morgan fingerprint density at radius 2 is 1.89 bits per heavy atom. The van der Waals surface area contributed by atoms with Crippen molar-refractivity contribution in [3.8, 4) is 5.75 Å². The molecule has 0 heterocycles. The number of nitrogens with two attached hydrogens (primary N) is 1. The van der Waals surface area contributed by atoms with Crippen molar-refractivity contribution in [1.29, 1.82) is 0 Å². The molecule has 194 valence electrons. The second kappa shape index (κ2) is 9.44. The molecule has 1 amide bonds. The van der Waals surface area contributed by atoms with Crippen LogP contribution in [0.25, 0.3) is 5.76 Å². The minimum atomic E-state index is -2.61. The molecule has 3 aliphatic rings. The van der Waals surface area contributed by atoms with Crippen LogP contribution < -0.4 is 5.73 Å². The number of fused-ring (bicyclic) bond motifs is 3. The van der Waals surface area contributed by atoms with Crippen LogP contribution in [-0.2, 0) is 27.2 Å². The summed E-state index contributed by atoms with van der Waals surface area (Å²) in [5.74, 6) is -6.33. The Bertz CT molecular complexity index is 1200. The van der Waals surface area contributed by atoms with Crippen molar-refractivity contribution in [2.24, 2.45) is 17.6 Å². The van der Waals surface area contributed by atoms with Crippen molar-refractivity contribution in [2.75, 3.05) is 14.1 Å². The topological polar surface area (TPSA) is 141 Å². The Balaban J connectivity index is 1.83. The SMILES string of the molecule is CCCCCCc1cc(F)c2c(c1O)C(O)=C1C(=O)[C@]3(O)C(=O)C(C(N)=O)=C[C@@H](N(C)C)[C@@H]3C[C@@H]1C2. The number of likely N-dealkylation sites (N-methyl/N-ethyl adjacent to an activating group) is 1. The van der Waals surface area contributed by atoms with Gasteiger partial charge in [-0.25, -0.2) is 4.39 Å². The molecule has 0 unspecified atom stereocenters. The van der Waals surface area contributed by atoms with E-state index < -0.39 is 58.1 Å². The fourth-order valence-electron chi connectivity index (χ4n) is 6.07. The van der Waals surface area contributed by atoms with Gasteiger partial charge in [-0.2, -0.15) is 0 Å². The molecule has 9 heteroatoms. The maximum Gasteiger partial charge on any atom is 0.252 e. The molecule has 1 aromatic rings. The van der Waals surface area contributed by atoms with Crippen molar-refractivity contribution >= 4 is 23.2 Å². The van der Waals surface area contributed by atoms with Gasteiger partial charge in [0.05, 0.1) is 11.1 Å². The Hall–Kier alpha value is -3.04. The Morgan fingerprint density at radius 3 is 2.50 bits per heavy atom. The van der Waals surface area contributed by atoms with Gasteiger partial charge in [-0.3, -0.25) is 14.4 Å². The van der Waals surface area contributed by atoms with E-state index in [9.17, 15) is 29.7 Å².